The van der Waals surface area contributed by atoms with E-state index in [2.05, 4.69) is 10.3 Å². The van der Waals surface area contributed by atoms with Gasteiger partial charge in [-0.2, -0.15) is 4.31 Å². The van der Waals surface area contributed by atoms with Gasteiger partial charge in [0.05, 0.1) is 18.4 Å². The number of pyridine rings is 1. The fraction of sp³-hybridized carbons (Fsp3) is 0.583. The van der Waals surface area contributed by atoms with Crippen molar-refractivity contribution in [1.82, 2.24) is 9.29 Å². The minimum atomic E-state index is -3.61. The molecule has 0 spiro atoms. The van der Waals surface area contributed by atoms with Gasteiger partial charge in [0.1, 0.15) is 0 Å². The molecule has 1 saturated heterocycles. The standard InChI is InChI=1S/C12H19N3O3S/c1-9-8-18-10(2)7-15(9)19(16,17)12-11(13-3)5-4-6-14-12/h4-6,9-10,13H,7-8H2,1-3H3. The highest BCUT2D eigenvalue weighted by Crippen LogP contribution is 2.25. The minimum absolute atomic E-state index is 0.0680. The lowest BCUT2D eigenvalue weighted by atomic mass is 10.2. The van der Waals surface area contributed by atoms with Crippen molar-refractivity contribution < 1.29 is 13.2 Å². The van der Waals surface area contributed by atoms with Crippen molar-refractivity contribution >= 4 is 15.7 Å². The molecular weight excluding hydrogens is 266 g/mol. The molecule has 1 aromatic rings. The van der Waals surface area contributed by atoms with Crippen molar-refractivity contribution in [2.75, 3.05) is 25.5 Å². The van der Waals surface area contributed by atoms with Gasteiger partial charge >= 0.3 is 0 Å². The predicted molar refractivity (Wildman–Crippen MR) is 72.6 cm³/mol. The van der Waals surface area contributed by atoms with Crippen molar-refractivity contribution in [3.63, 3.8) is 0 Å². The van der Waals surface area contributed by atoms with Crippen LogP contribution in [0.4, 0.5) is 5.69 Å². The molecule has 0 aliphatic carbocycles. The van der Waals surface area contributed by atoms with Crippen LogP contribution in [-0.2, 0) is 14.8 Å². The van der Waals surface area contributed by atoms with Crippen molar-refractivity contribution in [3.8, 4) is 0 Å². The van der Waals surface area contributed by atoms with Gasteiger partial charge in [0.15, 0.2) is 5.03 Å². The summed E-state index contributed by atoms with van der Waals surface area (Å²) < 4.78 is 32.3. The number of nitrogens with one attached hydrogen (secondary N) is 1. The third kappa shape index (κ3) is 2.72. The molecule has 0 aromatic carbocycles. The second-order valence-corrected chi connectivity index (χ2v) is 6.48. The number of rotatable bonds is 3. The second kappa shape index (κ2) is 5.44. The molecule has 2 rings (SSSR count). The maximum Gasteiger partial charge on any atom is 0.263 e. The second-order valence-electron chi connectivity index (χ2n) is 4.67. The van der Waals surface area contributed by atoms with E-state index in [-0.39, 0.29) is 17.2 Å². The van der Waals surface area contributed by atoms with Crippen molar-refractivity contribution in [2.45, 2.75) is 31.0 Å². The summed E-state index contributed by atoms with van der Waals surface area (Å²) in [7, 11) is -1.93. The van der Waals surface area contributed by atoms with Crippen molar-refractivity contribution in [2.24, 2.45) is 0 Å². The highest BCUT2D eigenvalue weighted by Gasteiger charge is 2.36. The summed E-state index contributed by atoms with van der Waals surface area (Å²) in [6, 6.07) is 3.22. The number of ether oxygens (including phenoxy) is 1. The number of anilines is 1. The Bertz CT molecular complexity index is 547. The van der Waals surface area contributed by atoms with E-state index < -0.39 is 10.0 Å². The third-order valence-electron chi connectivity index (χ3n) is 3.14. The molecule has 1 aromatic heterocycles. The van der Waals surface area contributed by atoms with E-state index >= 15 is 0 Å². The molecule has 0 saturated carbocycles. The van der Waals surface area contributed by atoms with Gasteiger partial charge in [-0.05, 0) is 26.0 Å². The summed E-state index contributed by atoms with van der Waals surface area (Å²) in [5.41, 5.74) is 0.508. The number of hydrogen-bond donors (Lipinski definition) is 1. The third-order valence-corrected chi connectivity index (χ3v) is 5.08. The molecule has 6 nitrogen and oxygen atoms in total. The summed E-state index contributed by atoms with van der Waals surface area (Å²) in [4.78, 5) is 4.02. The minimum Gasteiger partial charge on any atom is -0.386 e. The van der Waals surface area contributed by atoms with Crippen LogP contribution in [0.1, 0.15) is 13.8 Å². The maximum absolute atomic E-state index is 12.7. The predicted octanol–water partition coefficient (Wildman–Crippen LogP) is 0.921. The first kappa shape index (κ1) is 14.2. The molecule has 1 N–H and O–H groups in total. The van der Waals surface area contributed by atoms with Crippen LogP contribution in [0.2, 0.25) is 0 Å². The van der Waals surface area contributed by atoms with Crippen LogP contribution in [0.25, 0.3) is 0 Å². The lowest BCUT2D eigenvalue weighted by molar-refractivity contribution is -0.0171. The van der Waals surface area contributed by atoms with Gasteiger partial charge in [-0.3, -0.25) is 0 Å². The number of aromatic nitrogens is 1. The molecule has 0 bridgehead atoms. The molecule has 1 fully saturated rings. The molecule has 0 amide bonds. The molecule has 19 heavy (non-hydrogen) atoms. The van der Waals surface area contributed by atoms with Crippen LogP contribution in [0, 0.1) is 0 Å². The quantitative estimate of drug-likeness (QED) is 0.894. The Kier molecular flexibility index (Phi) is 4.07. The van der Waals surface area contributed by atoms with Crippen LogP contribution in [-0.4, -0.2) is 50.1 Å². The number of sulfonamides is 1. The lowest BCUT2D eigenvalue weighted by Gasteiger charge is -2.35. The molecule has 106 valence electrons. The SMILES string of the molecule is CNc1cccnc1S(=O)(=O)N1CC(C)OCC1C. The Morgan fingerprint density at radius 1 is 1.47 bits per heavy atom. The summed E-state index contributed by atoms with van der Waals surface area (Å²) in [5.74, 6) is 0. The smallest absolute Gasteiger partial charge is 0.263 e. The highest BCUT2D eigenvalue weighted by molar-refractivity contribution is 7.89. The molecule has 1 aliphatic heterocycles. The number of nitrogens with zero attached hydrogens (tertiary/aromatic N) is 2. The average molecular weight is 285 g/mol. The van der Waals surface area contributed by atoms with Gasteiger partial charge < -0.3 is 10.1 Å². The number of morpholine rings is 1. The van der Waals surface area contributed by atoms with Gasteiger partial charge in [0.25, 0.3) is 10.0 Å². The molecule has 0 radical (unpaired) electrons. The van der Waals surface area contributed by atoms with E-state index in [9.17, 15) is 8.42 Å². The summed E-state index contributed by atoms with van der Waals surface area (Å²) in [6.07, 6.45) is 1.38. The molecule has 7 heteroatoms. The monoisotopic (exact) mass is 285 g/mol. The first-order valence-corrected chi connectivity index (χ1v) is 7.67. The molecule has 2 heterocycles. The molecule has 2 unspecified atom stereocenters. The van der Waals surface area contributed by atoms with Gasteiger partial charge in [0.2, 0.25) is 0 Å². The Morgan fingerprint density at radius 2 is 2.21 bits per heavy atom. The highest BCUT2D eigenvalue weighted by atomic mass is 32.2. The maximum atomic E-state index is 12.7. The van der Waals surface area contributed by atoms with Crippen LogP contribution in [0.3, 0.4) is 0 Å². The zero-order valence-electron chi connectivity index (χ0n) is 11.3. The van der Waals surface area contributed by atoms with Crippen molar-refractivity contribution in [1.29, 1.82) is 0 Å². The van der Waals surface area contributed by atoms with Gasteiger partial charge in [0, 0.05) is 25.8 Å². The summed E-state index contributed by atoms with van der Waals surface area (Å²) >= 11 is 0. The molecule has 1 aliphatic rings. The van der Waals surface area contributed by atoms with E-state index in [1.807, 2.05) is 13.8 Å². The van der Waals surface area contributed by atoms with E-state index in [4.69, 9.17) is 4.74 Å². The fourth-order valence-corrected chi connectivity index (χ4v) is 3.91. The summed E-state index contributed by atoms with van der Waals surface area (Å²) in [5, 5.41) is 2.94. The van der Waals surface area contributed by atoms with Crippen molar-refractivity contribution in [3.05, 3.63) is 18.3 Å². The Labute approximate surface area is 113 Å². The van der Waals surface area contributed by atoms with Gasteiger partial charge in [-0.15, -0.1) is 0 Å². The first-order valence-electron chi connectivity index (χ1n) is 6.23. The van der Waals surface area contributed by atoms with E-state index in [1.165, 1.54) is 10.5 Å². The van der Waals surface area contributed by atoms with Crippen LogP contribution in [0.5, 0.6) is 0 Å². The van der Waals surface area contributed by atoms with Crippen LogP contribution in [0.15, 0.2) is 23.4 Å². The zero-order valence-corrected chi connectivity index (χ0v) is 12.1. The largest absolute Gasteiger partial charge is 0.386 e. The van der Waals surface area contributed by atoms with Crippen LogP contribution < -0.4 is 5.32 Å². The Morgan fingerprint density at radius 3 is 2.89 bits per heavy atom. The number of hydrogen-bond acceptors (Lipinski definition) is 5. The molecular formula is C12H19N3O3S. The normalized spacial score (nSPS) is 25.2. The van der Waals surface area contributed by atoms with Gasteiger partial charge in [-0.1, -0.05) is 0 Å². The fourth-order valence-electron chi connectivity index (χ4n) is 2.11. The topological polar surface area (TPSA) is 71.5 Å². The Balaban J connectivity index is 2.41. The lowest BCUT2D eigenvalue weighted by Crippen LogP contribution is -2.50. The Hall–Kier alpha value is -1.18. The van der Waals surface area contributed by atoms with E-state index in [1.54, 1.807) is 19.2 Å². The zero-order chi connectivity index (χ0) is 14.0. The van der Waals surface area contributed by atoms with E-state index in [0.29, 0.717) is 18.8 Å². The summed E-state index contributed by atoms with van der Waals surface area (Å²) in [6.45, 7) is 4.46. The first-order chi connectivity index (χ1) is 8.96. The average Bonchev–Trinajstić information content (AvgIpc) is 2.41. The van der Waals surface area contributed by atoms with Gasteiger partial charge in [-0.25, -0.2) is 13.4 Å². The van der Waals surface area contributed by atoms with E-state index in [0.717, 1.165) is 0 Å². The van der Waals surface area contributed by atoms with Crippen LogP contribution >= 0.6 is 0 Å². The molecule has 2 atom stereocenters.